The third-order valence-corrected chi connectivity index (χ3v) is 7.53. The average molecular weight is 567 g/mol. The van der Waals surface area contributed by atoms with Crippen LogP contribution < -0.4 is 14.9 Å². The summed E-state index contributed by atoms with van der Waals surface area (Å²) in [6.45, 7) is 3.37. The number of aliphatic hydroxyl groups excluding tert-OH is 1. The van der Waals surface area contributed by atoms with Crippen molar-refractivity contribution in [2.24, 2.45) is 0 Å². The zero-order valence-electron chi connectivity index (χ0n) is 22.9. The van der Waals surface area contributed by atoms with Gasteiger partial charge in [-0.15, -0.1) is 0 Å². The Bertz CT molecular complexity index is 1990. The Morgan fingerprint density at radius 2 is 1.79 bits per heavy atom. The van der Waals surface area contributed by atoms with Gasteiger partial charge < -0.3 is 24.3 Å². The first-order valence-electron chi connectivity index (χ1n) is 13.2. The zero-order chi connectivity index (χ0) is 29.8. The molecule has 0 saturated heterocycles. The first kappa shape index (κ1) is 27.0. The van der Waals surface area contributed by atoms with Crippen molar-refractivity contribution in [2.45, 2.75) is 31.7 Å². The number of benzene rings is 4. The quantitative estimate of drug-likeness (QED) is 0.0923. The molecule has 2 unspecified atom stereocenters. The number of nitrogens with zero attached hydrogens (tertiary/aromatic N) is 1. The summed E-state index contributed by atoms with van der Waals surface area (Å²) < 4.78 is 17.5. The monoisotopic (exact) mass is 566 g/mol. The van der Waals surface area contributed by atoms with Gasteiger partial charge in [0.05, 0.1) is 34.0 Å². The van der Waals surface area contributed by atoms with Crippen molar-refractivity contribution in [1.82, 2.24) is 4.98 Å². The molecular weight excluding hydrogens is 540 g/mol. The van der Waals surface area contributed by atoms with Gasteiger partial charge in [-0.3, -0.25) is 14.9 Å². The van der Waals surface area contributed by atoms with Crippen LogP contribution in [0.15, 0.2) is 77.6 Å². The Morgan fingerprint density at radius 3 is 2.45 bits per heavy atom. The third-order valence-electron chi connectivity index (χ3n) is 7.53. The largest absolute Gasteiger partial charge is 0.496 e. The number of pyridine rings is 1. The Kier molecular flexibility index (Phi) is 6.42. The second-order valence-electron chi connectivity index (χ2n) is 10.6. The van der Waals surface area contributed by atoms with E-state index in [0.717, 1.165) is 10.8 Å². The van der Waals surface area contributed by atoms with Crippen LogP contribution >= 0.6 is 0 Å². The number of carbonyl (C=O) groups is 1. The summed E-state index contributed by atoms with van der Waals surface area (Å²) in [6.07, 6.45) is 0.123. The number of fused-ring (bicyclic) bond motifs is 5. The van der Waals surface area contributed by atoms with Crippen molar-refractivity contribution < 1.29 is 29.0 Å². The first-order valence-corrected chi connectivity index (χ1v) is 13.2. The van der Waals surface area contributed by atoms with Gasteiger partial charge in [-0.05, 0) is 60.5 Å². The molecule has 0 amide bonds. The lowest BCUT2D eigenvalue weighted by molar-refractivity contribution is -0.384. The maximum Gasteiger partial charge on any atom is 0.331 e. The number of aromatic nitrogens is 1. The van der Waals surface area contributed by atoms with Gasteiger partial charge >= 0.3 is 5.97 Å². The Morgan fingerprint density at radius 1 is 1.10 bits per heavy atom. The average Bonchev–Trinajstić information content (AvgIpc) is 2.96. The van der Waals surface area contributed by atoms with Gasteiger partial charge in [-0.2, -0.15) is 0 Å². The van der Waals surface area contributed by atoms with Crippen LogP contribution in [0.25, 0.3) is 38.7 Å². The SMILES string of the molecule is COc1cc2c(c3[nH]c4cc5ccccc5cc4c(=O)c13)C(O)C(OC(=O)/C=C/c1ccc([N+](=O)[O-])cc1)C(C)(C)O2. The number of aromatic amines is 1. The Hall–Kier alpha value is -5.22. The second kappa shape index (κ2) is 10.0. The summed E-state index contributed by atoms with van der Waals surface area (Å²) in [7, 11) is 1.46. The molecule has 2 atom stereocenters. The number of methoxy groups -OCH3 is 1. The molecule has 1 aliphatic rings. The molecule has 1 aliphatic heterocycles. The molecule has 6 rings (SSSR count). The highest BCUT2D eigenvalue weighted by molar-refractivity contribution is 6.03. The third kappa shape index (κ3) is 4.51. The van der Waals surface area contributed by atoms with Gasteiger partial charge in [0.25, 0.3) is 5.69 Å². The number of hydrogen-bond acceptors (Lipinski definition) is 8. The molecule has 0 radical (unpaired) electrons. The second-order valence-corrected chi connectivity index (χ2v) is 10.6. The van der Waals surface area contributed by atoms with E-state index in [1.165, 1.54) is 43.5 Å². The molecule has 42 heavy (non-hydrogen) atoms. The lowest BCUT2D eigenvalue weighted by atomic mass is 9.86. The van der Waals surface area contributed by atoms with Crippen LogP contribution in [-0.2, 0) is 9.53 Å². The molecule has 0 bridgehead atoms. The molecule has 0 aliphatic carbocycles. The van der Waals surface area contributed by atoms with E-state index in [1.54, 1.807) is 19.9 Å². The number of H-pyrrole nitrogens is 1. The molecule has 2 heterocycles. The van der Waals surface area contributed by atoms with Crippen LogP contribution in [0.3, 0.4) is 0 Å². The van der Waals surface area contributed by atoms with E-state index < -0.39 is 28.7 Å². The number of nitrogens with one attached hydrogen (secondary N) is 1. The fourth-order valence-corrected chi connectivity index (χ4v) is 5.46. The summed E-state index contributed by atoms with van der Waals surface area (Å²) in [4.78, 5) is 40.4. The number of esters is 1. The van der Waals surface area contributed by atoms with Crippen molar-refractivity contribution in [1.29, 1.82) is 0 Å². The summed E-state index contributed by atoms with van der Waals surface area (Å²) in [6, 6.07) is 18.6. The molecule has 2 N–H and O–H groups in total. The van der Waals surface area contributed by atoms with Gasteiger partial charge in [-0.25, -0.2) is 4.79 Å². The number of ether oxygens (including phenoxy) is 3. The Labute approximate surface area is 238 Å². The zero-order valence-corrected chi connectivity index (χ0v) is 22.9. The van der Waals surface area contributed by atoms with E-state index in [1.807, 2.05) is 36.4 Å². The fraction of sp³-hybridized carbons (Fsp3) is 0.188. The highest BCUT2D eigenvalue weighted by atomic mass is 16.6. The number of non-ortho nitro benzene ring substituents is 1. The number of rotatable bonds is 5. The van der Waals surface area contributed by atoms with Crippen LogP contribution in [0.4, 0.5) is 5.69 Å². The number of hydrogen-bond donors (Lipinski definition) is 2. The smallest absolute Gasteiger partial charge is 0.331 e. The van der Waals surface area contributed by atoms with E-state index in [0.29, 0.717) is 27.7 Å². The minimum absolute atomic E-state index is 0.0690. The van der Waals surface area contributed by atoms with Gasteiger partial charge in [-0.1, -0.05) is 24.3 Å². The Balaban J connectivity index is 1.42. The minimum Gasteiger partial charge on any atom is -0.496 e. The molecular formula is C32H26N2O8. The first-order chi connectivity index (χ1) is 20.1. The number of nitro groups is 1. The van der Waals surface area contributed by atoms with Crippen LogP contribution in [-0.4, -0.2) is 39.8 Å². The molecule has 1 aromatic heterocycles. The summed E-state index contributed by atoms with van der Waals surface area (Å²) >= 11 is 0. The van der Waals surface area contributed by atoms with E-state index in [4.69, 9.17) is 14.2 Å². The number of nitro benzene ring substituents is 1. The van der Waals surface area contributed by atoms with Crippen molar-refractivity contribution in [3.8, 4) is 11.5 Å². The lowest BCUT2D eigenvalue weighted by Crippen LogP contribution is -2.51. The standard InChI is InChI=1S/C32H26N2O8/c1-32(2)31(41-25(35)13-10-17-8-11-20(12-9-17)34(38)39)30(37)27-24(42-32)16-23(40-3)26-28(27)33-22-15-19-7-5-4-6-18(19)14-21(22)29(26)36/h4-16,30-31,37H,1-3H3,(H,33,36)/b13-10+. The lowest BCUT2D eigenvalue weighted by Gasteiger charge is -2.42. The highest BCUT2D eigenvalue weighted by Gasteiger charge is 2.47. The molecule has 10 nitrogen and oxygen atoms in total. The fourth-order valence-electron chi connectivity index (χ4n) is 5.46. The normalized spacial score (nSPS) is 17.7. The molecule has 0 saturated carbocycles. The summed E-state index contributed by atoms with van der Waals surface area (Å²) in [5.74, 6) is -0.174. The maximum atomic E-state index is 13.8. The van der Waals surface area contributed by atoms with Gasteiger partial charge in [0.15, 0.2) is 6.10 Å². The van der Waals surface area contributed by atoms with Crippen molar-refractivity contribution in [3.05, 3.63) is 104 Å². The van der Waals surface area contributed by atoms with E-state index in [2.05, 4.69) is 4.98 Å². The number of aliphatic hydroxyl groups is 1. The van der Waals surface area contributed by atoms with E-state index in [-0.39, 0.29) is 27.8 Å². The van der Waals surface area contributed by atoms with E-state index in [9.17, 15) is 24.8 Å². The van der Waals surface area contributed by atoms with Crippen LogP contribution in [0.1, 0.15) is 31.1 Å². The molecule has 0 spiro atoms. The summed E-state index contributed by atoms with van der Waals surface area (Å²) in [5.41, 5.74) is 0.212. The van der Waals surface area contributed by atoms with Crippen LogP contribution in [0, 0.1) is 10.1 Å². The minimum atomic E-state index is -1.36. The van der Waals surface area contributed by atoms with Gasteiger partial charge in [0.1, 0.15) is 23.2 Å². The van der Waals surface area contributed by atoms with Gasteiger partial charge in [0, 0.05) is 29.7 Å². The van der Waals surface area contributed by atoms with Crippen molar-refractivity contribution in [2.75, 3.05) is 7.11 Å². The van der Waals surface area contributed by atoms with Crippen molar-refractivity contribution in [3.63, 3.8) is 0 Å². The predicted octanol–water partition coefficient (Wildman–Crippen LogP) is 5.58. The molecule has 10 heteroatoms. The van der Waals surface area contributed by atoms with Crippen LogP contribution in [0.5, 0.6) is 11.5 Å². The molecule has 212 valence electrons. The molecule has 0 fully saturated rings. The highest BCUT2D eigenvalue weighted by Crippen LogP contribution is 2.47. The molecule has 5 aromatic rings. The van der Waals surface area contributed by atoms with E-state index >= 15 is 0 Å². The topological polar surface area (TPSA) is 141 Å². The van der Waals surface area contributed by atoms with Gasteiger partial charge in [0.2, 0.25) is 5.43 Å². The predicted molar refractivity (Wildman–Crippen MR) is 158 cm³/mol. The van der Waals surface area contributed by atoms with Crippen molar-refractivity contribution >= 4 is 50.3 Å². The van der Waals surface area contributed by atoms with Crippen LogP contribution in [0.2, 0.25) is 0 Å². The maximum absolute atomic E-state index is 13.8. The molecule has 4 aromatic carbocycles. The number of carbonyl (C=O) groups excluding carboxylic acids is 1. The summed E-state index contributed by atoms with van der Waals surface area (Å²) in [5, 5.41) is 25.1.